The highest BCUT2D eigenvalue weighted by Gasteiger charge is 2.35. The molecule has 1 fully saturated rings. The van der Waals surface area contributed by atoms with E-state index in [1.807, 2.05) is 0 Å². The summed E-state index contributed by atoms with van der Waals surface area (Å²) in [5.41, 5.74) is 10.2. The van der Waals surface area contributed by atoms with Crippen molar-refractivity contribution in [3.05, 3.63) is 29.3 Å². The van der Waals surface area contributed by atoms with Crippen molar-refractivity contribution in [3.8, 4) is 0 Å². The summed E-state index contributed by atoms with van der Waals surface area (Å²) in [6.07, 6.45) is 4.83. The summed E-state index contributed by atoms with van der Waals surface area (Å²) in [7, 11) is 2.24. The molecule has 0 spiro atoms. The van der Waals surface area contributed by atoms with E-state index in [9.17, 15) is 0 Å². The number of rotatable bonds is 3. The number of aromatic nitrogens is 1. The van der Waals surface area contributed by atoms with Crippen molar-refractivity contribution >= 4 is 16.7 Å². The third-order valence-electron chi connectivity index (χ3n) is 5.16. The van der Waals surface area contributed by atoms with Crippen LogP contribution in [0.15, 0.2) is 18.2 Å². The van der Waals surface area contributed by atoms with E-state index in [1.165, 1.54) is 48.2 Å². The van der Waals surface area contributed by atoms with Crippen molar-refractivity contribution in [3.63, 3.8) is 0 Å². The molecule has 0 saturated carbocycles. The number of aryl methyl sites for hydroxylation is 2. The lowest BCUT2D eigenvalue weighted by Gasteiger charge is -2.41. The predicted octanol–water partition coefficient (Wildman–Crippen LogP) is 2.77. The summed E-state index contributed by atoms with van der Waals surface area (Å²) in [5.74, 6) is 2.27. The Bertz CT molecular complexity index is 648. The fourth-order valence-electron chi connectivity index (χ4n) is 4.27. The van der Waals surface area contributed by atoms with Crippen molar-refractivity contribution in [1.29, 1.82) is 0 Å². The molecule has 3 heteroatoms. The van der Waals surface area contributed by atoms with E-state index >= 15 is 0 Å². The molecule has 1 aromatic heterocycles. The zero-order valence-corrected chi connectivity index (χ0v) is 12.2. The van der Waals surface area contributed by atoms with E-state index in [0.717, 1.165) is 25.3 Å². The summed E-state index contributed by atoms with van der Waals surface area (Å²) in [6, 6.07) is 6.83. The van der Waals surface area contributed by atoms with Gasteiger partial charge < -0.3 is 15.2 Å². The van der Waals surface area contributed by atoms with Crippen LogP contribution in [0.1, 0.15) is 36.3 Å². The van der Waals surface area contributed by atoms with E-state index in [-0.39, 0.29) is 0 Å². The van der Waals surface area contributed by atoms with E-state index in [2.05, 4.69) is 34.7 Å². The first-order valence-corrected chi connectivity index (χ1v) is 7.86. The van der Waals surface area contributed by atoms with Crippen molar-refractivity contribution in [2.24, 2.45) is 12.8 Å². The Kier molecular flexibility index (Phi) is 2.77. The first kappa shape index (κ1) is 12.3. The van der Waals surface area contributed by atoms with Gasteiger partial charge in [0, 0.05) is 31.1 Å². The molecule has 2 N–H and O–H groups in total. The Morgan fingerprint density at radius 1 is 1.25 bits per heavy atom. The van der Waals surface area contributed by atoms with Gasteiger partial charge in [-0.05, 0) is 43.7 Å². The molecule has 0 amide bonds. The number of para-hydroxylation sites is 1. The van der Waals surface area contributed by atoms with Crippen LogP contribution in [0.2, 0.25) is 0 Å². The Morgan fingerprint density at radius 2 is 2.05 bits per heavy atom. The molecule has 4 heterocycles. The summed E-state index contributed by atoms with van der Waals surface area (Å²) >= 11 is 0. The lowest BCUT2D eigenvalue weighted by molar-refractivity contribution is 0.469. The largest absolute Gasteiger partial charge is 0.358 e. The number of hydrogen-bond acceptors (Lipinski definition) is 2. The lowest BCUT2D eigenvalue weighted by Crippen LogP contribution is -2.39. The van der Waals surface area contributed by atoms with Gasteiger partial charge in [-0.15, -0.1) is 0 Å². The second-order valence-electron chi connectivity index (χ2n) is 6.26. The molecule has 106 valence electrons. The molecule has 1 saturated heterocycles. The molecule has 3 aliphatic heterocycles. The van der Waals surface area contributed by atoms with Crippen LogP contribution < -0.4 is 10.6 Å². The van der Waals surface area contributed by atoms with Crippen molar-refractivity contribution < 1.29 is 0 Å². The SMILES string of the molecule is Cn1c2c(c3cccc(CCCN)c31)C1CCN2CC1. The summed E-state index contributed by atoms with van der Waals surface area (Å²) < 4.78 is 2.45. The molecule has 3 aliphatic rings. The third kappa shape index (κ3) is 1.56. The second kappa shape index (κ2) is 4.52. The van der Waals surface area contributed by atoms with Crippen LogP contribution in [0, 0.1) is 0 Å². The number of anilines is 1. The molecule has 1 aromatic carbocycles. The quantitative estimate of drug-likeness (QED) is 0.929. The van der Waals surface area contributed by atoms with Crippen LogP contribution in [0.25, 0.3) is 10.9 Å². The summed E-state index contributed by atoms with van der Waals surface area (Å²) in [4.78, 5) is 2.59. The highest BCUT2D eigenvalue weighted by molar-refractivity contribution is 5.93. The number of hydrogen-bond donors (Lipinski definition) is 1. The molecule has 2 bridgehead atoms. The van der Waals surface area contributed by atoms with Crippen LogP contribution in [0.5, 0.6) is 0 Å². The third-order valence-corrected chi connectivity index (χ3v) is 5.16. The van der Waals surface area contributed by atoms with E-state index in [0.29, 0.717) is 0 Å². The number of benzene rings is 1. The van der Waals surface area contributed by atoms with Crippen molar-refractivity contribution in [1.82, 2.24) is 4.57 Å². The minimum Gasteiger partial charge on any atom is -0.358 e. The number of nitrogens with zero attached hydrogens (tertiary/aromatic N) is 2. The maximum absolute atomic E-state index is 5.70. The van der Waals surface area contributed by atoms with Gasteiger partial charge in [0.1, 0.15) is 5.82 Å². The zero-order valence-electron chi connectivity index (χ0n) is 12.2. The van der Waals surface area contributed by atoms with E-state index < -0.39 is 0 Å². The molecule has 0 radical (unpaired) electrons. The fourth-order valence-corrected chi connectivity index (χ4v) is 4.27. The van der Waals surface area contributed by atoms with Gasteiger partial charge in [-0.2, -0.15) is 0 Å². The molecule has 5 rings (SSSR count). The van der Waals surface area contributed by atoms with Crippen LogP contribution >= 0.6 is 0 Å². The lowest BCUT2D eigenvalue weighted by atomic mass is 9.84. The normalized spacial score (nSPS) is 18.0. The monoisotopic (exact) mass is 269 g/mol. The number of nitrogens with two attached hydrogens (primary N) is 1. The first-order valence-electron chi connectivity index (χ1n) is 7.86. The Morgan fingerprint density at radius 3 is 2.80 bits per heavy atom. The minimum atomic E-state index is 0.773. The topological polar surface area (TPSA) is 34.2 Å². The highest BCUT2D eigenvalue weighted by Crippen LogP contribution is 2.47. The maximum atomic E-state index is 5.70. The van der Waals surface area contributed by atoms with Gasteiger partial charge in [0.2, 0.25) is 0 Å². The summed E-state index contributed by atoms with van der Waals surface area (Å²) in [6.45, 7) is 3.25. The van der Waals surface area contributed by atoms with Crippen molar-refractivity contribution in [2.45, 2.75) is 31.6 Å². The summed E-state index contributed by atoms with van der Waals surface area (Å²) in [5, 5.41) is 1.49. The van der Waals surface area contributed by atoms with Gasteiger partial charge in [-0.3, -0.25) is 0 Å². The molecule has 0 aliphatic carbocycles. The average Bonchev–Trinajstić information content (AvgIpc) is 2.83. The molecular weight excluding hydrogens is 246 g/mol. The standard InChI is InChI=1S/C17H23N3/c1-19-16-13(5-3-9-18)4-2-6-14(16)15-12-7-10-20(11-8-12)17(15)19/h2,4,6,12H,3,5,7-11,18H2,1H3. The Hall–Kier alpha value is -1.48. The molecule has 2 aromatic rings. The Balaban J connectivity index is 1.96. The van der Waals surface area contributed by atoms with Gasteiger partial charge in [0.25, 0.3) is 0 Å². The number of fused-ring (bicyclic) bond motifs is 3. The molecule has 3 nitrogen and oxygen atoms in total. The number of piperidine rings is 1. The maximum Gasteiger partial charge on any atom is 0.112 e. The van der Waals surface area contributed by atoms with Gasteiger partial charge in [-0.1, -0.05) is 18.2 Å². The van der Waals surface area contributed by atoms with E-state index in [4.69, 9.17) is 5.73 Å². The van der Waals surface area contributed by atoms with Crippen LogP contribution in [-0.4, -0.2) is 24.2 Å². The van der Waals surface area contributed by atoms with E-state index in [1.54, 1.807) is 5.56 Å². The molecule has 0 unspecified atom stereocenters. The van der Waals surface area contributed by atoms with Gasteiger partial charge in [0.05, 0.1) is 5.52 Å². The minimum absolute atomic E-state index is 0.773. The highest BCUT2D eigenvalue weighted by atomic mass is 15.3. The van der Waals surface area contributed by atoms with Crippen LogP contribution in [-0.2, 0) is 13.5 Å². The Labute approximate surface area is 120 Å². The fraction of sp³-hybridized carbons (Fsp3) is 0.529. The molecular formula is C17H23N3. The predicted molar refractivity (Wildman–Crippen MR) is 84.5 cm³/mol. The first-order chi connectivity index (χ1) is 9.81. The molecule has 20 heavy (non-hydrogen) atoms. The van der Waals surface area contributed by atoms with Crippen LogP contribution in [0.4, 0.5) is 5.82 Å². The van der Waals surface area contributed by atoms with Crippen molar-refractivity contribution in [2.75, 3.05) is 24.5 Å². The van der Waals surface area contributed by atoms with Gasteiger partial charge in [0.15, 0.2) is 0 Å². The van der Waals surface area contributed by atoms with Crippen LogP contribution in [0.3, 0.4) is 0 Å². The molecule has 0 atom stereocenters. The second-order valence-corrected chi connectivity index (χ2v) is 6.26. The van der Waals surface area contributed by atoms with Gasteiger partial charge in [-0.25, -0.2) is 0 Å². The smallest absolute Gasteiger partial charge is 0.112 e. The van der Waals surface area contributed by atoms with Gasteiger partial charge >= 0.3 is 0 Å². The zero-order chi connectivity index (χ0) is 13.7. The average molecular weight is 269 g/mol.